The third-order valence-corrected chi connectivity index (χ3v) is 3.05. The van der Waals surface area contributed by atoms with Gasteiger partial charge in [-0.3, -0.25) is 0 Å². The molecule has 0 radical (unpaired) electrons. The summed E-state index contributed by atoms with van der Waals surface area (Å²) in [5, 5.41) is 3.35. The molecule has 1 unspecified atom stereocenters. The highest BCUT2D eigenvalue weighted by Gasteiger charge is 2.07. The van der Waals surface area contributed by atoms with Gasteiger partial charge in [0.1, 0.15) is 5.82 Å². The molecular weight excluding hydrogens is 278 g/mol. The molecule has 1 atom stereocenters. The Hall–Kier alpha value is -1.55. The normalized spacial score (nSPS) is 12.1. The molecular formula is C13H14BrN3. The van der Waals surface area contributed by atoms with Crippen LogP contribution < -0.4 is 11.1 Å². The third-order valence-electron chi connectivity index (χ3n) is 2.56. The Labute approximate surface area is 109 Å². The monoisotopic (exact) mass is 291 g/mol. The molecule has 1 aromatic heterocycles. The molecule has 0 spiro atoms. The molecule has 1 heterocycles. The van der Waals surface area contributed by atoms with Gasteiger partial charge < -0.3 is 11.1 Å². The van der Waals surface area contributed by atoms with Crippen LogP contribution in [0.4, 0.5) is 11.5 Å². The standard InChI is InChI=1S/C13H14BrN3/c1-9(10-4-2-5-11(14)8-10)17-12-6-3-7-16-13(12)15/h2-9,17H,1H3,(H2,15,16). The van der Waals surface area contributed by atoms with Gasteiger partial charge in [0.05, 0.1) is 5.69 Å². The van der Waals surface area contributed by atoms with Crippen molar-refractivity contribution in [3.63, 3.8) is 0 Å². The predicted octanol–water partition coefficient (Wildman–Crippen LogP) is 3.60. The van der Waals surface area contributed by atoms with Crippen LogP contribution in [-0.4, -0.2) is 4.98 Å². The van der Waals surface area contributed by atoms with Gasteiger partial charge in [-0.25, -0.2) is 4.98 Å². The molecule has 0 aliphatic carbocycles. The van der Waals surface area contributed by atoms with Crippen molar-refractivity contribution in [1.82, 2.24) is 4.98 Å². The second-order valence-electron chi connectivity index (χ2n) is 3.86. The number of nitrogens with one attached hydrogen (secondary N) is 1. The van der Waals surface area contributed by atoms with Crippen LogP contribution in [0.15, 0.2) is 47.1 Å². The lowest BCUT2D eigenvalue weighted by molar-refractivity contribution is 0.883. The molecule has 3 N–H and O–H groups in total. The van der Waals surface area contributed by atoms with Crippen molar-refractivity contribution in [3.8, 4) is 0 Å². The number of nitrogens with two attached hydrogens (primary N) is 1. The molecule has 2 rings (SSSR count). The minimum atomic E-state index is 0.180. The fraction of sp³-hybridized carbons (Fsp3) is 0.154. The zero-order chi connectivity index (χ0) is 12.3. The molecule has 0 fully saturated rings. The Balaban J connectivity index is 2.17. The Bertz CT molecular complexity index is 514. The Morgan fingerprint density at radius 2 is 2.12 bits per heavy atom. The lowest BCUT2D eigenvalue weighted by atomic mass is 10.1. The summed E-state index contributed by atoms with van der Waals surface area (Å²) in [4.78, 5) is 4.05. The van der Waals surface area contributed by atoms with Gasteiger partial charge in [0.15, 0.2) is 0 Å². The van der Waals surface area contributed by atoms with Crippen LogP contribution >= 0.6 is 15.9 Å². The largest absolute Gasteiger partial charge is 0.382 e. The fourth-order valence-electron chi connectivity index (χ4n) is 1.63. The summed E-state index contributed by atoms with van der Waals surface area (Å²) in [5.41, 5.74) is 7.85. The van der Waals surface area contributed by atoms with E-state index in [9.17, 15) is 0 Å². The molecule has 2 aromatic rings. The highest BCUT2D eigenvalue weighted by molar-refractivity contribution is 9.10. The van der Waals surface area contributed by atoms with E-state index >= 15 is 0 Å². The lowest BCUT2D eigenvalue weighted by Gasteiger charge is -2.16. The summed E-state index contributed by atoms with van der Waals surface area (Å²) in [5.74, 6) is 0.523. The van der Waals surface area contributed by atoms with Crippen LogP contribution in [0, 0.1) is 0 Å². The minimum absolute atomic E-state index is 0.180. The van der Waals surface area contributed by atoms with E-state index in [4.69, 9.17) is 5.73 Å². The first kappa shape index (κ1) is 11.9. The maximum atomic E-state index is 5.79. The second-order valence-corrected chi connectivity index (χ2v) is 4.77. The number of rotatable bonds is 3. The van der Waals surface area contributed by atoms with Crippen molar-refractivity contribution in [2.75, 3.05) is 11.1 Å². The van der Waals surface area contributed by atoms with Crippen LogP contribution in [0.3, 0.4) is 0 Å². The van der Waals surface area contributed by atoms with Gasteiger partial charge in [-0.05, 0) is 36.8 Å². The molecule has 0 aliphatic rings. The fourth-order valence-corrected chi connectivity index (χ4v) is 2.05. The number of aromatic nitrogens is 1. The number of hydrogen-bond donors (Lipinski definition) is 2. The summed E-state index contributed by atoms with van der Waals surface area (Å²) in [7, 11) is 0. The highest BCUT2D eigenvalue weighted by Crippen LogP contribution is 2.24. The van der Waals surface area contributed by atoms with Gasteiger partial charge in [0.25, 0.3) is 0 Å². The van der Waals surface area contributed by atoms with Gasteiger partial charge in [-0.2, -0.15) is 0 Å². The molecule has 88 valence electrons. The maximum absolute atomic E-state index is 5.79. The molecule has 0 bridgehead atoms. The van der Waals surface area contributed by atoms with Crippen molar-refractivity contribution in [2.24, 2.45) is 0 Å². The van der Waals surface area contributed by atoms with E-state index < -0.39 is 0 Å². The van der Waals surface area contributed by atoms with E-state index in [-0.39, 0.29) is 6.04 Å². The average molecular weight is 292 g/mol. The van der Waals surface area contributed by atoms with Crippen LogP contribution in [0.5, 0.6) is 0 Å². The molecule has 4 heteroatoms. The zero-order valence-corrected chi connectivity index (χ0v) is 11.1. The predicted molar refractivity (Wildman–Crippen MR) is 74.8 cm³/mol. The van der Waals surface area contributed by atoms with Gasteiger partial charge in [-0.1, -0.05) is 28.1 Å². The number of halogens is 1. The number of benzene rings is 1. The molecule has 0 saturated heterocycles. The zero-order valence-electron chi connectivity index (χ0n) is 9.52. The Morgan fingerprint density at radius 3 is 2.82 bits per heavy atom. The van der Waals surface area contributed by atoms with Crippen molar-refractivity contribution >= 4 is 27.4 Å². The topological polar surface area (TPSA) is 50.9 Å². The number of anilines is 2. The van der Waals surface area contributed by atoms with E-state index in [1.807, 2.05) is 24.3 Å². The second kappa shape index (κ2) is 5.19. The van der Waals surface area contributed by atoms with E-state index in [1.54, 1.807) is 6.20 Å². The van der Waals surface area contributed by atoms with E-state index in [0.29, 0.717) is 5.82 Å². The van der Waals surface area contributed by atoms with E-state index in [0.717, 1.165) is 10.2 Å². The van der Waals surface area contributed by atoms with Crippen LogP contribution in [0.1, 0.15) is 18.5 Å². The average Bonchev–Trinajstić information content (AvgIpc) is 2.32. The molecule has 0 saturated carbocycles. The minimum Gasteiger partial charge on any atom is -0.382 e. The van der Waals surface area contributed by atoms with Crippen LogP contribution in [0.2, 0.25) is 0 Å². The summed E-state index contributed by atoms with van der Waals surface area (Å²) in [6, 6.07) is 12.2. The number of pyridine rings is 1. The summed E-state index contributed by atoms with van der Waals surface area (Å²) < 4.78 is 1.07. The quantitative estimate of drug-likeness (QED) is 0.908. The number of hydrogen-bond acceptors (Lipinski definition) is 3. The van der Waals surface area contributed by atoms with Gasteiger partial charge >= 0.3 is 0 Å². The molecule has 0 amide bonds. The maximum Gasteiger partial charge on any atom is 0.146 e. The Kier molecular flexibility index (Phi) is 3.64. The van der Waals surface area contributed by atoms with Crippen LogP contribution in [0.25, 0.3) is 0 Å². The van der Waals surface area contributed by atoms with Crippen molar-refractivity contribution in [1.29, 1.82) is 0 Å². The third kappa shape index (κ3) is 2.97. The summed E-state index contributed by atoms with van der Waals surface area (Å²) in [6.07, 6.45) is 1.68. The van der Waals surface area contributed by atoms with Gasteiger partial charge in [0.2, 0.25) is 0 Å². The van der Waals surface area contributed by atoms with E-state index in [2.05, 4.69) is 45.3 Å². The first-order valence-electron chi connectivity index (χ1n) is 5.39. The van der Waals surface area contributed by atoms with E-state index in [1.165, 1.54) is 5.56 Å². The molecule has 0 aliphatic heterocycles. The molecule has 17 heavy (non-hydrogen) atoms. The summed E-state index contributed by atoms with van der Waals surface area (Å²) >= 11 is 3.47. The Morgan fingerprint density at radius 1 is 1.29 bits per heavy atom. The summed E-state index contributed by atoms with van der Waals surface area (Å²) in [6.45, 7) is 2.09. The first-order chi connectivity index (χ1) is 8.16. The van der Waals surface area contributed by atoms with Gasteiger partial charge in [-0.15, -0.1) is 0 Å². The van der Waals surface area contributed by atoms with Crippen molar-refractivity contribution in [2.45, 2.75) is 13.0 Å². The number of nitrogen functional groups attached to an aromatic ring is 1. The number of nitrogens with zero attached hydrogens (tertiary/aromatic N) is 1. The lowest BCUT2D eigenvalue weighted by Crippen LogP contribution is -2.08. The first-order valence-corrected chi connectivity index (χ1v) is 6.18. The molecule has 3 nitrogen and oxygen atoms in total. The van der Waals surface area contributed by atoms with Crippen molar-refractivity contribution in [3.05, 3.63) is 52.6 Å². The molecule has 1 aromatic carbocycles. The smallest absolute Gasteiger partial charge is 0.146 e. The van der Waals surface area contributed by atoms with Crippen LogP contribution in [-0.2, 0) is 0 Å². The van der Waals surface area contributed by atoms with Gasteiger partial charge in [0, 0.05) is 16.7 Å². The highest BCUT2D eigenvalue weighted by atomic mass is 79.9. The SMILES string of the molecule is CC(Nc1cccnc1N)c1cccc(Br)c1. The van der Waals surface area contributed by atoms with Crippen molar-refractivity contribution < 1.29 is 0 Å².